The summed E-state index contributed by atoms with van der Waals surface area (Å²) in [4.78, 5) is 11.7. The lowest BCUT2D eigenvalue weighted by molar-refractivity contribution is -0.118. The van der Waals surface area contributed by atoms with Gasteiger partial charge in [0, 0.05) is 23.8 Å². The first-order valence-corrected chi connectivity index (χ1v) is 7.25. The molecule has 2 N–H and O–H groups in total. The molecule has 21 heavy (non-hydrogen) atoms. The molecule has 1 amide bonds. The van der Waals surface area contributed by atoms with Crippen molar-refractivity contribution in [2.75, 3.05) is 10.6 Å². The van der Waals surface area contributed by atoms with Gasteiger partial charge in [0.25, 0.3) is 0 Å². The molecule has 0 bridgehead atoms. The number of benzene rings is 2. The molecule has 0 aliphatic heterocycles. The van der Waals surface area contributed by atoms with Gasteiger partial charge in [0.15, 0.2) is 0 Å². The Hall–Kier alpha value is -2.29. The molecule has 3 nitrogen and oxygen atoms in total. The number of nitrogens with one attached hydrogen (secondary N) is 2. The van der Waals surface area contributed by atoms with Gasteiger partial charge in [0.1, 0.15) is 0 Å². The Balaban J connectivity index is 2.01. The van der Waals surface area contributed by atoms with Gasteiger partial charge in [0.2, 0.25) is 5.91 Å². The van der Waals surface area contributed by atoms with Crippen molar-refractivity contribution in [1.29, 1.82) is 0 Å². The summed E-state index contributed by atoms with van der Waals surface area (Å²) < 4.78 is 0. The lowest BCUT2D eigenvalue weighted by atomic mass is 10.1. The number of hydrogen-bond acceptors (Lipinski definition) is 2. The van der Waals surface area contributed by atoms with Crippen LogP contribution in [0, 0.1) is 12.8 Å². The number of rotatable bonds is 5. The van der Waals surface area contributed by atoms with E-state index in [0.29, 0.717) is 0 Å². The first kappa shape index (κ1) is 15.1. The number of aryl methyl sites for hydroxylation is 1. The molecule has 0 fully saturated rings. The van der Waals surface area contributed by atoms with Gasteiger partial charge in [-0.2, -0.15) is 0 Å². The molecular formula is C18H22N2O. The summed E-state index contributed by atoms with van der Waals surface area (Å²) in [5.74, 6) is 0.0136. The Morgan fingerprint density at radius 2 is 1.76 bits per heavy atom. The molecular weight excluding hydrogens is 260 g/mol. The summed E-state index contributed by atoms with van der Waals surface area (Å²) in [6, 6.07) is 16.1. The number of anilines is 2. The average Bonchev–Trinajstić information content (AvgIpc) is 2.46. The molecule has 3 heteroatoms. The van der Waals surface area contributed by atoms with Gasteiger partial charge in [-0.05, 0) is 36.2 Å². The lowest BCUT2D eigenvalue weighted by Gasteiger charge is -2.12. The van der Waals surface area contributed by atoms with E-state index < -0.39 is 0 Å². The third kappa shape index (κ3) is 4.35. The summed E-state index contributed by atoms with van der Waals surface area (Å²) in [6.07, 6.45) is 0. The van der Waals surface area contributed by atoms with Crippen molar-refractivity contribution in [2.45, 2.75) is 27.3 Å². The lowest BCUT2D eigenvalue weighted by Crippen LogP contribution is -2.17. The standard InChI is InChI=1S/C18H22N2O/c1-13(2)18(21)20-17-10-6-9-16(11-17)19-12-15-8-5-4-7-14(15)3/h4-11,13,19H,12H2,1-3H3,(H,20,21). The molecule has 0 spiro atoms. The topological polar surface area (TPSA) is 41.1 Å². The molecule has 2 rings (SSSR count). The van der Waals surface area contributed by atoms with Gasteiger partial charge in [-0.15, -0.1) is 0 Å². The molecule has 0 radical (unpaired) electrons. The number of amides is 1. The molecule has 2 aromatic carbocycles. The number of carbonyl (C=O) groups is 1. The molecule has 0 heterocycles. The summed E-state index contributed by atoms with van der Waals surface area (Å²) >= 11 is 0. The van der Waals surface area contributed by atoms with Gasteiger partial charge in [-0.1, -0.05) is 44.2 Å². The fraction of sp³-hybridized carbons (Fsp3) is 0.278. The molecule has 0 aromatic heterocycles. The van der Waals surface area contributed by atoms with Gasteiger partial charge < -0.3 is 10.6 Å². The smallest absolute Gasteiger partial charge is 0.226 e. The van der Waals surface area contributed by atoms with E-state index in [4.69, 9.17) is 0 Å². The van der Waals surface area contributed by atoms with Crippen molar-refractivity contribution in [1.82, 2.24) is 0 Å². The second-order valence-electron chi connectivity index (χ2n) is 5.50. The quantitative estimate of drug-likeness (QED) is 0.863. The van der Waals surface area contributed by atoms with Crippen molar-refractivity contribution in [3.63, 3.8) is 0 Å². The number of hydrogen-bond donors (Lipinski definition) is 2. The van der Waals surface area contributed by atoms with E-state index in [0.717, 1.165) is 17.9 Å². The molecule has 2 aromatic rings. The van der Waals surface area contributed by atoms with Crippen LogP contribution >= 0.6 is 0 Å². The SMILES string of the molecule is Cc1ccccc1CNc1cccc(NC(=O)C(C)C)c1. The number of carbonyl (C=O) groups excluding carboxylic acids is 1. The molecule has 0 atom stereocenters. The van der Waals surface area contributed by atoms with Gasteiger partial charge in [-0.25, -0.2) is 0 Å². The fourth-order valence-electron chi connectivity index (χ4n) is 2.00. The summed E-state index contributed by atoms with van der Waals surface area (Å²) in [5, 5.41) is 6.31. The highest BCUT2D eigenvalue weighted by atomic mass is 16.1. The first-order chi connectivity index (χ1) is 10.1. The minimum atomic E-state index is -0.0198. The maximum Gasteiger partial charge on any atom is 0.226 e. The second-order valence-corrected chi connectivity index (χ2v) is 5.50. The Kier molecular flexibility index (Phi) is 4.99. The Morgan fingerprint density at radius 3 is 2.48 bits per heavy atom. The average molecular weight is 282 g/mol. The van der Waals surface area contributed by atoms with Crippen LogP contribution in [-0.4, -0.2) is 5.91 Å². The van der Waals surface area contributed by atoms with Crippen LogP contribution in [0.2, 0.25) is 0 Å². The van der Waals surface area contributed by atoms with E-state index in [1.54, 1.807) is 0 Å². The molecule has 0 unspecified atom stereocenters. The Bertz CT molecular complexity index is 620. The van der Waals surface area contributed by atoms with E-state index in [2.05, 4.69) is 29.7 Å². The van der Waals surface area contributed by atoms with Crippen LogP contribution in [0.15, 0.2) is 48.5 Å². The molecule has 0 saturated heterocycles. The van der Waals surface area contributed by atoms with E-state index in [1.807, 2.05) is 50.2 Å². The second kappa shape index (κ2) is 6.93. The van der Waals surface area contributed by atoms with Crippen molar-refractivity contribution in [3.8, 4) is 0 Å². The monoisotopic (exact) mass is 282 g/mol. The van der Waals surface area contributed by atoms with Crippen molar-refractivity contribution in [3.05, 3.63) is 59.7 Å². The van der Waals surface area contributed by atoms with Gasteiger partial charge >= 0.3 is 0 Å². The summed E-state index contributed by atoms with van der Waals surface area (Å²) in [6.45, 7) is 6.65. The highest BCUT2D eigenvalue weighted by molar-refractivity contribution is 5.92. The van der Waals surface area contributed by atoms with E-state index in [-0.39, 0.29) is 11.8 Å². The molecule has 110 valence electrons. The highest BCUT2D eigenvalue weighted by Gasteiger charge is 2.07. The Morgan fingerprint density at radius 1 is 1.05 bits per heavy atom. The molecule has 0 aliphatic rings. The minimum Gasteiger partial charge on any atom is -0.381 e. The maximum atomic E-state index is 11.7. The highest BCUT2D eigenvalue weighted by Crippen LogP contribution is 2.17. The van der Waals surface area contributed by atoms with Crippen LogP contribution in [0.25, 0.3) is 0 Å². The molecule has 0 saturated carbocycles. The normalized spacial score (nSPS) is 10.5. The zero-order valence-corrected chi connectivity index (χ0v) is 12.8. The van der Waals surface area contributed by atoms with Crippen LogP contribution < -0.4 is 10.6 Å². The van der Waals surface area contributed by atoms with Crippen LogP contribution in [0.1, 0.15) is 25.0 Å². The third-order valence-electron chi connectivity index (χ3n) is 3.40. The van der Waals surface area contributed by atoms with Crippen LogP contribution in [0.3, 0.4) is 0 Å². The zero-order valence-electron chi connectivity index (χ0n) is 12.8. The fourth-order valence-corrected chi connectivity index (χ4v) is 2.00. The zero-order chi connectivity index (χ0) is 15.2. The van der Waals surface area contributed by atoms with Crippen LogP contribution in [0.5, 0.6) is 0 Å². The minimum absolute atomic E-state index is 0.0198. The van der Waals surface area contributed by atoms with Crippen molar-refractivity contribution in [2.24, 2.45) is 5.92 Å². The summed E-state index contributed by atoms with van der Waals surface area (Å²) in [7, 11) is 0. The van der Waals surface area contributed by atoms with Crippen LogP contribution in [0.4, 0.5) is 11.4 Å². The molecule has 0 aliphatic carbocycles. The van der Waals surface area contributed by atoms with E-state index in [1.165, 1.54) is 11.1 Å². The predicted molar refractivity (Wildman–Crippen MR) is 88.4 cm³/mol. The maximum absolute atomic E-state index is 11.7. The van der Waals surface area contributed by atoms with E-state index in [9.17, 15) is 4.79 Å². The first-order valence-electron chi connectivity index (χ1n) is 7.25. The third-order valence-corrected chi connectivity index (χ3v) is 3.40. The largest absolute Gasteiger partial charge is 0.381 e. The van der Waals surface area contributed by atoms with Crippen LogP contribution in [-0.2, 0) is 11.3 Å². The van der Waals surface area contributed by atoms with E-state index >= 15 is 0 Å². The van der Waals surface area contributed by atoms with Gasteiger partial charge in [0.05, 0.1) is 0 Å². The van der Waals surface area contributed by atoms with Crippen molar-refractivity contribution >= 4 is 17.3 Å². The van der Waals surface area contributed by atoms with Crippen molar-refractivity contribution < 1.29 is 4.79 Å². The Labute approximate surface area is 126 Å². The predicted octanol–water partition coefficient (Wildman–Crippen LogP) is 4.20. The van der Waals surface area contributed by atoms with Gasteiger partial charge in [-0.3, -0.25) is 4.79 Å². The summed E-state index contributed by atoms with van der Waals surface area (Å²) in [5.41, 5.74) is 4.37.